The number of thioether (sulfide) groups is 1. The van der Waals surface area contributed by atoms with Crippen LogP contribution in [0.25, 0.3) is 0 Å². The second-order valence-electron chi connectivity index (χ2n) is 16.0. The van der Waals surface area contributed by atoms with Crippen LogP contribution in [0.1, 0.15) is 155 Å². The molecule has 8 atom stereocenters. The second kappa shape index (κ2) is 16.4. The quantitative estimate of drug-likeness (QED) is 0.117. The summed E-state index contributed by atoms with van der Waals surface area (Å²) in [4.78, 5) is 12.5. The summed E-state index contributed by atoms with van der Waals surface area (Å²) in [5.41, 5.74) is 0.408. The molecule has 0 bridgehead atoms. The normalized spacial score (nSPS) is 35.2. The van der Waals surface area contributed by atoms with E-state index in [1.807, 2.05) is 0 Å². The van der Waals surface area contributed by atoms with Gasteiger partial charge in [-0.3, -0.25) is 4.79 Å². The number of carbonyl (C=O) groups excluding carboxylic acids is 1. The van der Waals surface area contributed by atoms with Crippen LogP contribution in [0.5, 0.6) is 0 Å². The summed E-state index contributed by atoms with van der Waals surface area (Å²) in [6.45, 7) is 4.90. The highest BCUT2D eigenvalue weighted by Crippen LogP contribution is 2.67. The van der Waals surface area contributed by atoms with E-state index < -0.39 is 18.5 Å². The zero-order valence-electron chi connectivity index (χ0n) is 28.1. The molecule has 4 rings (SSSR count). The summed E-state index contributed by atoms with van der Waals surface area (Å²) in [5, 5.41) is 11.0. The van der Waals surface area contributed by atoms with Crippen LogP contribution in [-0.4, -0.2) is 40.6 Å². The second-order valence-corrected chi connectivity index (χ2v) is 17.2. The van der Waals surface area contributed by atoms with Gasteiger partial charge in [0.1, 0.15) is 5.78 Å². The van der Waals surface area contributed by atoms with E-state index in [9.17, 15) is 31.9 Å². The first kappa shape index (κ1) is 37.4. The molecule has 0 aromatic heterocycles. The first-order chi connectivity index (χ1) is 21.3. The Kier molecular flexibility index (Phi) is 13.6. The van der Waals surface area contributed by atoms with Gasteiger partial charge in [-0.2, -0.15) is 33.7 Å². The minimum Gasteiger partial charge on any atom is -0.393 e. The van der Waals surface area contributed by atoms with Crippen molar-refractivity contribution in [2.45, 2.75) is 173 Å². The van der Waals surface area contributed by atoms with Crippen molar-refractivity contribution in [3.05, 3.63) is 0 Å². The van der Waals surface area contributed by atoms with Crippen LogP contribution in [0.3, 0.4) is 0 Å². The Morgan fingerprint density at radius 2 is 1.33 bits per heavy atom. The number of aliphatic hydroxyl groups excluding tert-OH is 1. The number of alkyl halides is 5. The summed E-state index contributed by atoms with van der Waals surface area (Å²) in [7, 11) is 0. The summed E-state index contributed by atoms with van der Waals surface area (Å²) in [6.07, 6.45) is 16.4. The molecule has 4 fully saturated rings. The number of Topliss-reactive ketones (excluding diaryl/α,β-unsaturated/α-hetero) is 1. The minimum atomic E-state index is -5.43. The summed E-state index contributed by atoms with van der Waals surface area (Å²) in [5.74, 6) is 0.495. The van der Waals surface area contributed by atoms with Crippen LogP contribution >= 0.6 is 11.8 Å². The number of carbonyl (C=O) groups is 1. The highest BCUT2D eigenvalue weighted by Gasteiger charge is 2.62. The van der Waals surface area contributed by atoms with E-state index >= 15 is 0 Å². The fraction of sp³-hybridized carbons (Fsp3) is 0.973. The molecule has 0 spiro atoms. The number of hydrogen-bond acceptors (Lipinski definition) is 3. The Morgan fingerprint density at radius 3 is 1.98 bits per heavy atom. The lowest BCUT2D eigenvalue weighted by atomic mass is 9.42. The molecule has 8 heteroatoms. The van der Waals surface area contributed by atoms with Crippen molar-refractivity contribution in [1.29, 1.82) is 0 Å². The molecule has 4 saturated carbocycles. The van der Waals surface area contributed by atoms with Crippen LogP contribution in [0.2, 0.25) is 0 Å². The van der Waals surface area contributed by atoms with E-state index in [0.717, 1.165) is 62.5 Å². The molecule has 2 nitrogen and oxygen atoms in total. The van der Waals surface area contributed by atoms with E-state index in [4.69, 9.17) is 0 Å². The Labute approximate surface area is 274 Å². The number of unbranched alkanes of at least 4 members (excludes halogenated alkanes) is 10. The average molecular weight is 665 g/mol. The molecule has 0 unspecified atom stereocenters. The number of rotatable bonds is 18. The van der Waals surface area contributed by atoms with E-state index in [-0.39, 0.29) is 17.9 Å². The molecule has 4 aliphatic carbocycles. The smallest absolute Gasteiger partial charge is 0.393 e. The molecule has 262 valence electrons. The van der Waals surface area contributed by atoms with Crippen LogP contribution in [0, 0.1) is 40.4 Å². The standard InChI is InChI=1S/C37H61F5O2S/c1-34-21-18-29(43)26-28(34)25-27(33-30-16-17-32(44)35(30,2)22-19-31(33)34)15-12-10-8-6-4-3-5-7-9-11-13-23-45-24-14-20-36(38,39)37(40,41)42/h27-28,30-33,44H,3-26H2,1-2H3/t27-,28+,30+,31+,32+,33+,34+,35+/m1/s1. The maximum absolute atomic E-state index is 12.9. The Morgan fingerprint density at radius 1 is 0.756 bits per heavy atom. The molecular weight excluding hydrogens is 603 g/mol. The van der Waals surface area contributed by atoms with E-state index in [0.29, 0.717) is 34.7 Å². The lowest BCUT2D eigenvalue weighted by Crippen LogP contribution is -2.57. The molecule has 0 aromatic carbocycles. The zero-order valence-corrected chi connectivity index (χ0v) is 28.9. The SMILES string of the molecule is C[C@]12CCC(=O)C[C@@H]1C[C@@H](CCCCCCCCCCCCCSCCCC(F)(F)C(F)(F)F)[C@@H]1[C@@H]2CC[C@]2(C)[C@@H](O)CC[C@@H]12. The third kappa shape index (κ3) is 9.21. The fourth-order valence-corrected chi connectivity index (χ4v) is 11.3. The van der Waals surface area contributed by atoms with Gasteiger partial charge >= 0.3 is 12.1 Å². The van der Waals surface area contributed by atoms with Crippen molar-refractivity contribution in [2.24, 2.45) is 40.4 Å². The predicted octanol–water partition coefficient (Wildman–Crippen LogP) is 11.6. The van der Waals surface area contributed by atoms with Gasteiger partial charge in [-0.1, -0.05) is 84.5 Å². The maximum Gasteiger partial charge on any atom is 0.453 e. The number of hydrogen-bond donors (Lipinski definition) is 1. The molecule has 0 radical (unpaired) electrons. The van der Waals surface area contributed by atoms with Crippen molar-refractivity contribution < 1.29 is 31.9 Å². The zero-order chi connectivity index (χ0) is 32.7. The van der Waals surface area contributed by atoms with Crippen molar-refractivity contribution in [2.75, 3.05) is 11.5 Å². The molecule has 0 saturated heterocycles. The number of aliphatic hydroxyl groups is 1. The molecule has 0 amide bonds. The van der Waals surface area contributed by atoms with Crippen LogP contribution in [-0.2, 0) is 4.79 Å². The number of halogens is 5. The molecule has 4 aliphatic rings. The molecular formula is C37H61F5O2S. The van der Waals surface area contributed by atoms with Crippen LogP contribution in [0.15, 0.2) is 0 Å². The van der Waals surface area contributed by atoms with Gasteiger partial charge in [0.25, 0.3) is 0 Å². The Balaban J connectivity index is 1.05. The predicted molar refractivity (Wildman–Crippen MR) is 175 cm³/mol. The van der Waals surface area contributed by atoms with Crippen molar-refractivity contribution in [3.8, 4) is 0 Å². The summed E-state index contributed by atoms with van der Waals surface area (Å²) in [6, 6.07) is 0. The highest BCUT2D eigenvalue weighted by atomic mass is 32.2. The van der Waals surface area contributed by atoms with E-state index in [1.165, 1.54) is 95.2 Å². The van der Waals surface area contributed by atoms with Crippen molar-refractivity contribution in [3.63, 3.8) is 0 Å². The summed E-state index contributed by atoms with van der Waals surface area (Å²) < 4.78 is 62.4. The van der Waals surface area contributed by atoms with Crippen LogP contribution in [0.4, 0.5) is 22.0 Å². The van der Waals surface area contributed by atoms with Gasteiger partial charge in [0.15, 0.2) is 0 Å². The van der Waals surface area contributed by atoms with E-state index in [1.54, 1.807) is 0 Å². The van der Waals surface area contributed by atoms with Gasteiger partial charge in [-0.05, 0) is 103 Å². The van der Waals surface area contributed by atoms with Crippen molar-refractivity contribution in [1.82, 2.24) is 0 Å². The first-order valence-corrected chi connectivity index (χ1v) is 19.7. The van der Waals surface area contributed by atoms with Gasteiger partial charge < -0.3 is 5.11 Å². The Hall–Kier alpha value is -0.370. The van der Waals surface area contributed by atoms with Gasteiger partial charge in [0, 0.05) is 19.3 Å². The van der Waals surface area contributed by atoms with E-state index in [2.05, 4.69) is 13.8 Å². The van der Waals surface area contributed by atoms with Gasteiger partial charge in [0.05, 0.1) is 6.10 Å². The minimum absolute atomic E-state index is 0.0943. The average Bonchev–Trinajstić information content (AvgIpc) is 3.28. The lowest BCUT2D eigenvalue weighted by molar-refractivity contribution is -0.284. The molecule has 0 aliphatic heterocycles. The first-order valence-electron chi connectivity index (χ1n) is 18.5. The largest absolute Gasteiger partial charge is 0.453 e. The van der Waals surface area contributed by atoms with Crippen molar-refractivity contribution >= 4 is 17.5 Å². The van der Waals surface area contributed by atoms with Gasteiger partial charge in [-0.15, -0.1) is 0 Å². The Bertz CT molecular complexity index is 927. The lowest BCUT2D eigenvalue weighted by Gasteiger charge is -2.62. The fourth-order valence-electron chi connectivity index (χ4n) is 10.3. The number of fused-ring (bicyclic) bond motifs is 5. The van der Waals surface area contributed by atoms with Gasteiger partial charge in [0.2, 0.25) is 0 Å². The summed E-state index contributed by atoms with van der Waals surface area (Å²) >= 11 is 1.48. The molecule has 0 heterocycles. The topological polar surface area (TPSA) is 37.3 Å². The van der Waals surface area contributed by atoms with Gasteiger partial charge in [-0.25, -0.2) is 0 Å². The molecule has 0 aromatic rings. The van der Waals surface area contributed by atoms with Crippen LogP contribution < -0.4 is 0 Å². The third-order valence-electron chi connectivity index (χ3n) is 13.2. The monoisotopic (exact) mass is 664 g/mol. The third-order valence-corrected chi connectivity index (χ3v) is 14.3. The highest BCUT2D eigenvalue weighted by molar-refractivity contribution is 7.99. The number of ketones is 1. The maximum atomic E-state index is 12.9. The molecule has 45 heavy (non-hydrogen) atoms. The molecule has 1 N–H and O–H groups in total.